The summed E-state index contributed by atoms with van der Waals surface area (Å²) in [6.45, 7) is 4.64. The van der Waals surface area contributed by atoms with Gasteiger partial charge in [-0.25, -0.2) is 0 Å². The Kier molecular flexibility index (Phi) is 4.06. The van der Waals surface area contributed by atoms with E-state index in [1.54, 1.807) is 0 Å². The fourth-order valence-electron chi connectivity index (χ4n) is 3.04. The zero-order chi connectivity index (χ0) is 17.2. The van der Waals surface area contributed by atoms with Crippen LogP contribution in [0.3, 0.4) is 0 Å². The summed E-state index contributed by atoms with van der Waals surface area (Å²) < 4.78 is 11.7. The first-order valence-electron chi connectivity index (χ1n) is 8.58. The lowest BCUT2D eigenvalue weighted by atomic mass is 10.1. The van der Waals surface area contributed by atoms with Crippen LogP contribution in [0.15, 0.2) is 66.7 Å². The Bertz CT molecular complexity index is 1000. The highest BCUT2D eigenvalue weighted by molar-refractivity contribution is 6.07. The maximum absolute atomic E-state index is 5.93. The van der Waals surface area contributed by atoms with E-state index in [0.717, 1.165) is 28.1 Å². The van der Waals surface area contributed by atoms with Gasteiger partial charge in [0.2, 0.25) is 0 Å². The fraction of sp³-hybridized carbons (Fsp3) is 0.182. The summed E-state index contributed by atoms with van der Waals surface area (Å²) in [6, 6.07) is 22.6. The lowest BCUT2D eigenvalue weighted by Gasteiger charge is -2.09. The topological polar surface area (TPSA) is 34.2 Å². The number of hydrogen-bond donors (Lipinski definition) is 1. The minimum atomic E-state index is 0.166. The van der Waals surface area contributed by atoms with Crippen LogP contribution in [0.2, 0.25) is 0 Å². The van der Waals surface area contributed by atoms with Crippen molar-refractivity contribution in [3.05, 3.63) is 72.3 Å². The van der Waals surface area contributed by atoms with Gasteiger partial charge in [-0.15, -0.1) is 0 Å². The predicted molar refractivity (Wildman–Crippen MR) is 102 cm³/mol. The van der Waals surface area contributed by atoms with E-state index in [1.807, 2.05) is 44.2 Å². The van der Waals surface area contributed by atoms with Crippen molar-refractivity contribution in [2.45, 2.75) is 26.6 Å². The van der Waals surface area contributed by atoms with Crippen LogP contribution < -0.4 is 9.47 Å². The van der Waals surface area contributed by atoms with Crippen molar-refractivity contribution in [1.29, 1.82) is 0 Å². The van der Waals surface area contributed by atoms with Crippen LogP contribution in [0.5, 0.6) is 11.5 Å². The highest BCUT2D eigenvalue weighted by Gasteiger charge is 2.08. The average molecular weight is 331 g/mol. The van der Waals surface area contributed by atoms with Gasteiger partial charge in [0.05, 0.1) is 17.1 Å². The zero-order valence-corrected chi connectivity index (χ0v) is 14.5. The molecule has 1 N–H and O–H groups in total. The number of benzene rings is 3. The lowest BCUT2D eigenvalue weighted by Crippen LogP contribution is -2.05. The van der Waals surface area contributed by atoms with Gasteiger partial charge in [-0.3, -0.25) is 0 Å². The molecule has 0 spiro atoms. The van der Waals surface area contributed by atoms with E-state index in [0.29, 0.717) is 6.61 Å². The number of nitrogens with one attached hydrogen (secondary N) is 1. The molecule has 0 atom stereocenters. The van der Waals surface area contributed by atoms with Gasteiger partial charge in [0.15, 0.2) is 0 Å². The van der Waals surface area contributed by atoms with Crippen molar-refractivity contribution in [2.24, 2.45) is 0 Å². The van der Waals surface area contributed by atoms with Crippen molar-refractivity contribution in [2.75, 3.05) is 0 Å². The lowest BCUT2D eigenvalue weighted by molar-refractivity contribution is 0.243. The maximum atomic E-state index is 5.93. The Labute approximate surface area is 147 Å². The molecule has 3 aromatic carbocycles. The van der Waals surface area contributed by atoms with Gasteiger partial charge in [0.1, 0.15) is 18.1 Å². The van der Waals surface area contributed by atoms with E-state index in [4.69, 9.17) is 9.47 Å². The van der Waals surface area contributed by atoms with Crippen molar-refractivity contribution >= 4 is 21.8 Å². The van der Waals surface area contributed by atoms with Crippen molar-refractivity contribution in [3.8, 4) is 11.5 Å². The fourth-order valence-corrected chi connectivity index (χ4v) is 3.04. The minimum absolute atomic E-state index is 0.166. The van der Waals surface area contributed by atoms with Crippen LogP contribution in [0.1, 0.15) is 19.4 Å². The smallest absolute Gasteiger partial charge is 0.121 e. The molecule has 3 heteroatoms. The quantitative estimate of drug-likeness (QED) is 0.510. The second-order valence-corrected chi connectivity index (χ2v) is 6.48. The molecule has 0 saturated heterocycles. The summed E-state index contributed by atoms with van der Waals surface area (Å²) in [5, 5.41) is 2.39. The molecular weight excluding hydrogens is 310 g/mol. The third kappa shape index (κ3) is 3.31. The molecule has 0 unspecified atom stereocenters. The van der Waals surface area contributed by atoms with Gasteiger partial charge < -0.3 is 14.5 Å². The molecule has 0 fully saturated rings. The monoisotopic (exact) mass is 331 g/mol. The maximum Gasteiger partial charge on any atom is 0.121 e. The van der Waals surface area contributed by atoms with E-state index >= 15 is 0 Å². The number of rotatable bonds is 5. The number of H-pyrrole nitrogens is 1. The molecule has 0 radical (unpaired) electrons. The summed E-state index contributed by atoms with van der Waals surface area (Å²) in [5.41, 5.74) is 3.31. The van der Waals surface area contributed by atoms with Gasteiger partial charge in [-0.2, -0.15) is 0 Å². The molecule has 0 saturated carbocycles. The van der Waals surface area contributed by atoms with Crippen molar-refractivity contribution in [1.82, 2.24) is 4.98 Å². The predicted octanol–water partition coefficient (Wildman–Crippen LogP) is 5.69. The average Bonchev–Trinajstić information content (AvgIpc) is 2.97. The normalized spacial score (nSPS) is 11.3. The van der Waals surface area contributed by atoms with E-state index in [-0.39, 0.29) is 6.10 Å². The van der Waals surface area contributed by atoms with Gasteiger partial charge in [0, 0.05) is 22.9 Å². The third-order valence-electron chi connectivity index (χ3n) is 4.16. The molecule has 1 aromatic heterocycles. The van der Waals surface area contributed by atoms with Crippen LogP contribution >= 0.6 is 0 Å². The first kappa shape index (κ1) is 15.6. The summed E-state index contributed by atoms with van der Waals surface area (Å²) in [5.74, 6) is 1.75. The Morgan fingerprint density at radius 1 is 0.800 bits per heavy atom. The van der Waals surface area contributed by atoms with Gasteiger partial charge >= 0.3 is 0 Å². The van der Waals surface area contributed by atoms with Crippen molar-refractivity contribution < 1.29 is 9.47 Å². The molecule has 126 valence electrons. The summed E-state index contributed by atoms with van der Waals surface area (Å²) >= 11 is 0. The Morgan fingerprint density at radius 2 is 1.44 bits per heavy atom. The standard InChI is InChI=1S/C22H21NO2/c1-15(2)25-18-9-11-20-19-10-8-17(12-21(19)23-22(20)13-18)24-14-16-6-4-3-5-7-16/h3-13,15,23H,14H2,1-2H3. The van der Waals surface area contributed by atoms with Crippen LogP contribution in [-0.4, -0.2) is 11.1 Å². The molecule has 3 nitrogen and oxygen atoms in total. The molecular formula is C22H21NO2. The Balaban J connectivity index is 1.62. The first-order chi connectivity index (χ1) is 12.2. The van der Waals surface area contributed by atoms with E-state index in [9.17, 15) is 0 Å². The van der Waals surface area contributed by atoms with Crippen LogP contribution in [0.4, 0.5) is 0 Å². The van der Waals surface area contributed by atoms with Crippen LogP contribution in [0, 0.1) is 0 Å². The molecule has 1 heterocycles. The summed E-state index contributed by atoms with van der Waals surface area (Å²) in [7, 11) is 0. The number of aromatic nitrogens is 1. The van der Waals surface area contributed by atoms with Gasteiger partial charge in [-0.1, -0.05) is 30.3 Å². The number of ether oxygens (including phenoxy) is 2. The summed E-state index contributed by atoms with van der Waals surface area (Å²) in [4.78, 5) is 3.47. The molecule has 4 aromatic rings. The second kappa shape index (κ2) is 6.52. The number of fused-ring (bicyclic) bond motifs is 3. The minimum Gasteiger partial charge on any atom is -0.491 e. The number of aromatic amines is 1. The molecule has 0 aliphatic heterocycles. The Morgan fingerprint density at radius 3 is 2.12 bits per heavy atom. The van der Waals surface area contributed by atoms with Crippen LogP contribution in [-0.2, 0) is 6.61 Å². The van der Waals surface area contributed by atoms with Gasteiger partial charge in [-0.05, 0) is 43.7 Å². The molecule has 0 aliphatic rings. The SMILES string of the molecule is CC(C)Oc1ccc2c(c1)[nH]c1cc(OCc3ccccc3)ccc12. The van der Waals surface area contributed by atoms with E-state index in [1.165, 1.54) is 10.8 Å². The molecule has 25 heavy (non-hydrogen) atoms. The first-order valence-corrected chi connectivity index (χ1v) is 8.58. The summed E-state index contributed by atoms with van der Waals surface area (Å²) in [6.07, 6.45) is 0.166. The highest BCUT2D eigenvalue weighted by atomic mass is 16.5. The third-order valence-corrected chi connectivity index (χ3v) is 4.16. The van der Waals surface area contributed by atoms with E-state index < -0.39 is 0 Å². The van der Waals surface area contributed by atoms with Gasteiger partial charge in [0.25, 0.3) is 0 Å². The molecule has 0 bridgehead atoms. The highest BCUT2D eigenvalue weighted by Crippen LogP contribution is 2.31. The zero-order valence-electron chi connectivity index (χ0n) is 14.5. The van der Waals surface area contributed by atoms with E-state index in [2.05, 4.69) is 41.4 Å². The molecule has 0 amide bonds. The second-order valence-electron chi connectivity index (χ2n) is 6.48. The molecule has 4 rings (SSSR count). The van der Waals surface area contributed by atoms with Crippen LogP contribution in [0.25, 0.3) is 21.8 Å². The number of hydrogen-bond acceptors (Lipinski definition) is 2. The molecule has 0 aliphatic carbocycles. The Hall–Kier alpha value is -2.94. The largest absolute Gasteiger partial charge is 0.491 e. The van der Waals surface area contributed by atoms with Crippen molar-refractivity contribution in [3.63, 3.8) is 0 Å².